The van der Waals surface area contributed by atoms with E-state index in [9.17, 15) is 14.2 Å². The average Bonchev–Trinajstić information content (AvgIpc) is 2.62. The molecule has 0 atom stereocenters. The molecule has 2 rings (SSSR count). The van der Waals surface area contributed by atoms with E-state index in [4.69, 9.17) is 9.05 Å². The Kier molecular flexibility index (Phi) is 5.61. The van der Waals surface area contributed by atoms with Crippen molar-refractivity contribution in [3.63, 3.8) is 0 Å². The lowest BCUT2D eigenvalue weighted by Crippen LogP contribution is -2.31. The zero-order valence-electron chi connectivity index (χ0n) is 12.8. The third-order valence-corrected chi connectivity index (χ3v) is 5.56. The monoisotopic (exact) mass is 332 g/mol. The van der Waals surface area contributed by atoms with E-state index in [1.165, 1.54) is 0 Å². The van der Waals surface area contributed by atoms with E-state index in [1.54, 1.807) is 60.7 Å². The van der Waals surface area contributed by atoms with Crippen LogP contribution in [-0.4, -0.2) is 31.4 Å². The van der Waals surface area contributed by atoms with Crippen molar-refractivity contribution in [2.24, 2.45) is 0 Å². The second-order valence-electron chi connectivity index (χ2n) is 4.77. The maximum atomic E-state index is 12.8. The molecule has 0 aliphatic heterocycles. The Morgan fingerprint density at radius 3 is 1.43 bits per heavy atom. The summed E-state index contributed by atoms with van der Waals surface area (Å²) in [5.41, 5.74) is -0.991. The molecule has 0 amide bonds. The number of hydrogen-bond acceptors (Lipinski definition) is 5. The van der Waals surface area contributed by atoms with Crippen LogP contribution in [0.3, 0.4) is 0 Å². The summed E-state index contributed by atoms with van der Waals surface area (Å²) < 4.78 is 22.6. The summed E-state index contributed by atoms with van der Waals surface area (Å²) in [6.45, 7) is 0. The number of carbonyl (C=O) groups is 2. The van der Waals surface area contributed by atoms with Crippen LogP contribution in [0.2, 0.25) is 0 Å². The number of carbonyl (C=O) groups excluding carboxylic acids is 2. The molecule has 0 radical (unpaired) electrons. The van der Waals surface area contributed by atoms with Gasteiger partial charge in [0.2, 0.25) is 0 Å². The van der Waals surface area contributed by atoms with Crippen LogP contribution in [0.1, 0.15) is 20.7 Å². The molecule has 0 aliphatic rings. The van der Waals surface area contributed by atoms with Gasteiger partial charge in [-0.3, -0.25) is 14.2 Å². The van der Waals surface area contributed by atoms with Crippen LogP contribution in [0.5, 0.6) is 0 Å². The predicted octanol–water partition coefficient (Wildman–Crippen LogP) is 3.61. The first-order valence-electron chi connectivity index (χ1n) is 6.93. The number of benzene rings is 2. The van der Waals surface area contributed by atoms with Gasteiger partial charge in [0.25, 0.3) is 0 Å². The summed E-state index contributed by atoms with van der Waals surface area (Å²) in [6.07, 6.45) is 0. The molecule has 0 spiro atoms. The summed E-state index contributed by atoms with van der Waals surface area (Å²) in [5.74, 6) is -1.18. The van der Waals surface area contributed by atoms with Crippen LogP contribution in [0.4, 0.5) is 0 Å². The number of Topliss-reactive ketones (excluding diaryl/α,β-unsaturated/α-hetero) is 2. The van der Waals surface area contributed by atoms with Crippen LogP contribution in [0.25, 0.3) is 0 Å². The van der Waals surface area contributed by atoms with E-state index in [2.05, 4.69) is 0 Å². The highest BCUT2D eigenvalue weighted by Crippen LogP contribution is 2.53. The molecule has 0 N–H and O–H groups in total. The van der Waals surface area contributed by atoms with Crippen LogP contribution in [0, 0.1) is 0 Å². The zero-order chi connectivity index (χ0) is 16.9. The molecule has 0 saturated carbocycles. The van der Waals surface area contributed by atoms with E-state index in [0.29, 0.717) is 0 Å². The Hall–Kier alpha value is -2.07. The van der Waals surface area contributed by atoms with Crippen LogP contribution in [0.15, 0.2) is 60.7 Å². The Morgan fingerprint density at radius 1 is 0.783 bits per heavy atom. The topological polar surface area (TPSA) is 69.7 Å². The Labute approximate surface area is 134 Å². The summed E-state index contributed by atoms with van der Waals surface area (Å²) in [5, 5.41) is 0. The van der Waals surface area contributed by atoms with E-state index in [0.717, 1.165) is 14.2 Å². The van der Waals surface area contributed by atoms with Crippen molar-refractivity contribution >= 4 is 19.2 Å². The standard InChI is InChI=1S/C17H17O5P/c1-21-23(20,22-2)17(15(18)13-9-5-3-6-10-13)16(19)14-11-7-4-8-12-14/h3-12,17H,1-2H3. The summed E-state index contributed by atoms with van der Waals surface area (Å²) in [6, 6.07) is 16.4. The SMILES string of the molecule is COP(=O)(OC)C(C(=O)c1ccccc1)C(=O)c1ccccc1. The lowest BCUT2D eigenvalue weighted by molar-refractivity contribution is 0.0880. The van der Waals surface area contributed by atoms with Gasteiger partial charge in [0.15, 0.2) is 17.2 Å². The summed E-state index contributed by atoms with van der Waals surface area (Å²) >= 11 is 0. The van der Waals surface area contributed by atoms with Gasteiger partial charge >= 0.3 is 7.60 Å². The molecule has 0 unspecified atom stereocenters. The largest absolute Gasteiger partial charge is 0.348 e. The molecule has 2 aromatic carbocycles. The third kappa shape index (κ3) is 3.64. The van der Waals surface area contributed by atoms with E-state index in [1.807, 2.05) is 0 Å². The van der Waals surface area contributed by atoms with Gasteiger partial charge in [0, 0.05) is 25.3 Å². The quantitative estimate of drug-likeness (QED) is 0.440. The molecular formula is C17H17O5P. The second kappa shape index (κ2) is 7.47. The molecule has 2 aromatic rings. The van der Waals surface area contributed by atoms with Crippen molar-refractivity contribution in [2.75, 3.05) is 14.2 Å². The first-order chi connectivity index (χ1) is 11.0. The molecule has 0 fully saturated rings. The van der Waals surface area contributed by atoms with E-state index in [-0.39, 0.29) is 11.1 Å². The van der Waals surface area contributed by atoms with Crippen molar-refractivity contribution in [3.8, 4) is 0 Å². The van der Waals surface area contributed by atoms with Gasteiger partial charge in [-0.1, -0.05) is 60.7 Å². The van der Waals surface area contributed by atoms with Crippen LogP contribution < -0.4 is 0 Å². The van der Waals surface area contributed by atoms with Gasteiger partial charge in [0.1, 0.15) is 0 Å². The van der Waals surface area contributed by atoms with E-state index < -0.39 is 24.8 Å². The Morgan fingerprint density at radius 2 is 1.13 bits per heavy atom. The Bertz CT molecular complexity index is 668. The molecule has 0 aromatic heterocycles. The molecule has 0 bridgehead atoms. The van der Waals surface area contributed by atoms with Crippen LogP contribution >= 0.6 is 7.60 Å². The second-order valence-corrected chi connectivity index (χ2v) is 7.09. The molecule has 120 valence electrons. The minimum Gasteiger partial charge on any atom is -0.311 e. The number of hydrogen-bond donors (Lipinski definition) is 0. The van der Waals surface area contributed by atoms with Crippen molar-refractivity contribution < 1.29 is 23.2 Å². The minimum absolute atomic E-state index is 0.274. The fourth-order valence-corrected chi connectivity index (χ4v) is 3.66. The minimum atomic E-state index is -3.93. The average molecular weight is 332 g/mol. The van der Waals surface area contributed by atoms with Crippen molar-refractivity contribution in [1.29, 1.82) is 0 Å². The fraction of sp³-hybridized carbons (Fsp3) is 0.176. The van der Waals surface area contributed by atoms with Crippen molar-refractivity contribution in [2.45, 2.75) is 5.66 Å². The molecule has 0 saturated heterocycles. The smallest absolute Gasteiger partial charge is 0.311 e. The van der Waals surface area contributed by atoms with Gasteiger partial charge in [-0.2, -0.15) is 0 Å². The highest BCUT2D eigenvalue weighted by atomic mass is 31.2. The zero-order valence-corrected chi connectivity index (χ0v) is 13.7. The first-order valence-corrected chi connectivity index (χ1v) is 8.54. The normalized spacial score (nSPS) is 11.4. The van der Waals surface area contributed by atoms with Gasteiger partial charge in [-0.15, -0.1) is 0 Å². The summed E-state index contributed by atoms with van der Waals surface area (Å²) in [4.78, 5) is 25.5. The molecule has 0 heterocycles. The molecule has 6 heteroatoms. The van der Waals surface area contributed by atoms with Crippen molar-refractivity contribution in [3.05, 3.63) is 71.8 Å². The fourth-order valence-electron chi connectivity index (χ4n) is 2.21. The Balaban J connectivity index is 2.51. The number of ketones is 2. The summed E-state index contributed by atoms with van der Waals surface area (Å²) in [7, 11) is -1.61. The first kappa shape index (κ1) is 17.3. The molecule has 0 aliphatic carbocycles. The third-order valence-electron chi connectivity index (χ3n) is 3.44. The van der Waals surface area contributed by atoms with E-state index >= 15 is 0 Å². The molecule has 5 nitrogen and oxygen atoms in total. The highest BCUT2D eigenvalue weighted by molar-refractivity contribution is 7.57. The van der Waals surface area contributed by atoms with Gasteiger partial charge in [-0.25, -0.2) is 0 Å². The van der Waals surface area contributed by atoms with Gasteiger partial charge < -0.3 is 9.05 Å². The molecule has 23 heavy (non-hydrogen) atoms. The van der Waals surface area contributed by atoms with Gasteiger partial charge in [-0.05, 0) is 0 Å². The molecular weight excluding hydrogens is 315 g/mol. The highest BCUT2D eigenvalue weighted by Gasteiger charge is 2.45. The van der Waals surface area contributed by atoms with Crippen LogP contribution in [-0.2, 0) is 13.6 Å². The maximum Gasteiger partial charge on any atom is 0.348 e. The predicted molar refractivity (Wildman–Crippen MR) is 87.0 cm³/mol. The number of rotatable bonds is 7. The van der Waals surface area contributed by atoms with Gasteiger partial charge in [0.05, 0.1) is 0 Å². The van der Waals surface area contributed by atoms with Crippen molar-refractivity contribution in [1.82, 2.24) is 0 Å². The maximum absolute atomic E-state index is 12.8. The lowest BCUT2D eigenvalue weighted by Gasteiger charge is -2.22. The lowest BCUT2D eigenvalue weighted by atomic mass is 10.0.